The van der Waals surface area contributed by atoms with E-state index >= 15 is 0 Å². The van der Waals surface area contributed by atoms with E-state index in [1.165, 1.54) is 37.5 Å². The fourth-order valence-corrected chi connectivity index (χ4v) is 2.65. The van der Waals surface area contributed by atoms with Crippen LogP contribution in [-0.4, -0.2) is 36.1 Å². The topological polar surface area (TPSA) is 106 Å². The Kier molecular flexibility index (Phi) is 7.15. The Labute approximate surface area is 179 Å². The monoisotopic (exact) mass is 419 g/mol. The van der Waals surface area contributed by atoms with Gasteiger partial charge in [0.2, 0.25) is 5.88 Å². The molecule has 0 unspecified atom stereocenters. The molecule has 3 rings (SSSR count). The lowest BCUT2D eigenvalue weighted by molar-refractivity contribution is -0.117. The van der Waals surface area contributed by atoms with E-state index in [0.717, 1.165) is 0 Å². The Balaban J connectivity index is 1.68. The van der Waals surface area contributed by atoms with Crippen molar-refractivity contribution in [1.82, 2.24) is 20.8 Å². The molecule has 9 heteroatoms. The molecular formula is C22H21N5O4. The van der Waals surface area contributed by atoms with Crippen LogP contribution in [-0.2, 0) is 4.79 Å². The molecule has 9 nitrogen and oxygen atoms in total. The van der Waals surface area contributed by atoms with Crippen molar-refractivity contribution >= 4 is 29.4 Å². The highest BCUT2D eigenvalue weighted by Gasteiger charge is 2.17. The number of carbonyl (C=O) groups is 2. The second-order valence-corrected chi connectivity index (χ2v) is 6.08. The molecule has 0 aliphatic heterocycles. The largest absolute Gasteiger partial charge is 0.480 e. The molecule has 1 aromatic heterocycles. The van der Waals surface area contributed by atoms with Gasteiger partial charge in [0.05, 0.1) is 31.2 Å². The number of aromatic nitrogens is 2. The molecule has 31 heavy (non-hydrogen) atoms. The van der Waals surface area contributed by atoms with Gasteiger partial charge in [0, 0.05) is 12.3 Å². The van der Waals surface area contributed by atoms with Crippen molar-refractivity contribution in [3.63, 3.8) is 0 Å². The van der Waals surface area contributed by atoms with Crippen LogP contribution < -0.4 is 25.2 Å². The van der Waals surface area contributed by atoms with Gasteiger partial charge in [-0.1, -0.05) is 36.4 Å². The Morgan fingerprint density at radius 1 is 0.903 bits per heavy atom. The van der Waals surface area contributed by atoms with Crippen LogP contribution in [0.15, 0.2) is 72.9 Å². The molecule has 0 saturated carbocycles. The van der Waals surface area contributed by atoms with Crippen molar-refractivity contribution in [1.29, 1.82) is 0 Å². The number of benzene rings is 2. The maximum absolute atomic E-state index is 12.8. The molecule has 0 bridgehead atoms. The van der Waals surface area contributed by atoms with Crippen molar-refractivity contribution < 1.29 is 19.1 Å². The Morgan fingerprint density at radius 3 is 2.06 bits per heavy atom. The molecule has 0 fully saturated rings. The molecule has 0 saturated heterocycles. The van der Waals surface area contributed by atoms with E-state index < -0.39 is 11.9 Å². The third-order valence-electron chi connectivity index (χ3n) is 4.07. The number of hydrazine groups is 1. The number of para-hydroxylation sites is 2. The fraction of sp³-hybridized carbons (Fsp3) is 0.0909. The number of hydrogen-bond acceptors (Lipinski definition) is 6. The van der Waals surface area contributed by atoms with E-state index in [4.69, 9.17) is 9.47 Å². The summed E-state index contributed by atoms with van der Waals surface area (Å²) in [7, 11) is 2.88. The zero-order valence-electron chi connectivity index (χ0n) is 17.0. The summed E-state index contributed by atoms with van der Waals surface area (Å²) in [6.07, 6.45) is 4.15. The predicted molar refractivity (Wildman–Crippen MR) is 116 cm³/mol. The normalized spacial score (nSPS) is 10.4. The lowest BCUT2D eigenvalue weighted by Gasteiger charge is -2.23. The van der Waals surface area contributed by atoms with Crippen LogP contribution in [0.4, 0.5) is 16.2 Å². The van der Waals surface area contributed by atoms with E-state index in [1.54, 1.807) is 24.3 Å². The number of rotatable bonds is 6. The minimum atomic E-state index is -0.549. The molecule has 0 spiro atoms. The Hall–Kier alpha value is -4.40. The molecule has 3 amide bonds. The number of carbonyl (C=O) groups excluding carboxylic acids is 2. The highest BCUT2D eigenvalue weighted by molar-refractivity contribution is 6.01. The van der Waals surface area contributed by atoms with Crippen LogP contribution in [0.2, 0.25) is 0 Å². The van der Waals surface area contributed by atoms with Crippen LogP contribution in [0.25, 0.3) is 6.08 Å². The lowest BCUT2D eigenvalue weighted by Crippen LogP contribution is -2.47. The molecule has 0 aliphatic rings. The van der Waals surface area contributed by atoms with Gasteiger partial charge >= 0.3 is 12.0 Å². The average Bonchev–Trinajstić information content (AvgIpc) is 2.82. The van der Waals surface area contributed by atoms with Gasteiger partial charge in [-0.15, -0.1) is 0 Å². The minimum absolute atomic E-state index is 0.146. The van der Waals surface area contributed by atoms with E-state index in [-0.39, 0.29) is 11.9 Å². The van der Waals surface area contributed by atoms with Gasteiger partial charge in [0.25, 0.3) is 5.91 Å². The summed E-state index contributed by atoms with van der Waals surface area (Å²) in [5.41, 5.74) is 6.55. The molecule has 2 N–H and O–H groups in total. The van der Waals surface area contributed by atoms with Crippen molar-refractivity contribution in [2.45, 2.75) is 0 Å². The van der Waals surface area contributed by atoms with Crippen LogP contribution >= 0.6 is 0 Å². The summed E-state index contributed by atoms with van der Waals surface area (Å²) >= 11 is 0. The summed E-state index contributed by atoms with van der Waals surface area (Å²) < 4.78 is 10.1. The number of nitrogens with zero attached hydrogens (tertiary/aromatic N) is 3. The van der Waals surface area contributed by atoms with Crippen LogP contribution in [0, 0.1) is 0 Å². The van der Waals surface area contributed by atoms with E-state index in [2.05, 4.69) is 20.8 Å². The smallest absolute Gasteiger partial charge is 0.345 e. The number of nitrogens with one attached hydrogen (secondary N) is 2. The summed E-state index contributed by atoms with van der Waals surface area (Å²) in [6.45, 7) is 0. The fourth-order valence-electron chi connectivity index (χ4n) is 2.65. The second kappa shape index (κ2) is 10.4. The summed E-state index contributed by atoms with van der Waals surface area (Å²) in [5, 5.41) is 0. The molecule has 0 radical (unpaired) electrons. The average molecular weight is 419 g/mol. The van der Waals surface area contributed by atoms with E-state index in [0.29, 0.717) is 16.9 Å². The molecule has 158 valence electrons. The van der Waals surface area contributed by atoms with Gasteiger partial charge in [0.1, 0.15) is 0 Å². The molecule has 0 atom stereocenters. The highest BCUT2D eigenvalue weighted by Crippen LogP contribution is 2.24. The lowest BCUT2D eigenvalue weighted by atomic mass is 10.2. The van der Waals surface area contributed by atoms with Crippen molar-refractivity contribution in [2.24, 2.45) is 0 Å². The third kappa shape index (κ3) is 5.57. The summed E-state index contributed by atoms with van der Waals surface area (Å²) in [5.74, 6) is -0.299. The van der Waals surface area contributed by atoms with Gasteiger partial charge < -0.3 is 9.47 Å². The number of hydrogen-bond donors (Lipinski definition) is 2. The number of methoxy groups -OCH3 is 2. The zero-order chi connectivity index (χ0) is 22.1. The Morgan fingerprint density at radius 2 is 1.52 bits per heavy atom. The minimum Gasteiger partial charge on any atom is -0.480 e. The molecule has 2 aromatic carbocycles. The van der Waals surface area contributed by atoms with Crippen LogP contribution in [0.1, 0.15) is 5.56 Å². The van der Waals surface area contributed by atoms with Crippen LogP contribution in [0.5, 0.6) is 11.9 Å². The summed E-state index contributed by atoms with van der Waals surface area (Å²) in [4.78, 5) is 34.5. The maximum Gasteiger partial charge on any atom is 0.345 e. The molecule has 0 aliphatic carbocycles. The maximum atomic E-state index is 12.8. The predicted octanol–water partition coefficient (Wildman–Crippen LogP) is 3.09. The first-order chi connectivity index (χ1) is 15.1. The first-order valence-electron chi connectivity index (χ1n) is 9.25. The van der Waals surface area contributed by atoms with Crippen molar-refractivity contribution in [2.75, 3.05) is 19.1 Å². The summed E-state index contributed by atoms with van der Waals surface area (Å²) in [6, 6.07) is 17.8. The number of amides is 3. The van der Waals surface area contributed by atoms with Gasteiger partial charge in [-0.3, -0.25) is 15.1 Å². The second-order valence-electron chi connectivity index (χ2n) is 6.08. The standard InChI is InChI=1S/C22H21N5O4/c1-30-20-16(15-23-21(24-20)31-2)13-14-19(28)25-26-22(29)27(17-9-5-3-6-10-17)18-11-7-4-8-12-18/h3-15H,1-2H3,(H,25,28)(H,26,29)/b14-13-. The quantitative estimate of drug-likeness (QED) is 0.470. The van der Waals surface area contributed by atoms with E-state index in [9.17, 15) is 9.59 Å². The molecule has 3 aromatic rings. The number of anilines is 2. The molecular weight excluding hydrogens is 398 g/mol. The van der Waals surface area contributed by atoms with Crippen molar-refractivity contribution in [3.05, 3.63) is 78.5 Å². The van der Waals surface area contributed by atoms with Gasteiger partial charge in [0.15, 0.2) is 0 Å². The first kappa shape index (κ1) is 21.3. The third-order valence-corrected chi connectivity index (χ3v) is 4.07. The Bertz CT molecular complexity index is 1020. The molecule has 1 heterocycles. The number of ether oxygens (including phenoxy) is 2. The highest BCUT2D eigenvalue weighted by atomic mass is 16.5. The van der Waals surface area contributed by atoms with Crippen LogP contribution in [0.3, 0.4) is 0 Å². The zero-order valence-corrected chi connectivity index (χ0v) is 17.0. The van der Waals surface area contributed by atoms with Crippen molar-refractivity contribution in [3.8, 4) is 11.9 Å². The van der Waals surface area contributed by atoms with Gasteiger partial charge in [-0.05, 0) is 30.3 Å². The van der Waals surface area contributed by atoms with Gasteiger partial charge in [-0.25, -0.2) is 15.2 Å². The van der Waals surface area contributed by atoms with Gasteiger partial charge in [-0.2, -0.15) is 4.98 Å². The first-order valence-corrected chi connectivity index (χ1v) is 9.25. The number of urea groups is 1. The SMILES string of the molecule is COc1ncc(/C=C\C(=O)NNC(=O)N(c2ccccc2)c2ccccc2)c(OC)n1. The van der Waals surface area contributed by atoms with E-state index in [1.807, 2.05) is 36.4 Å².